The first-order chi connectivity index (χ1) is 16.2. The molecule has 0 saturated carbocycles. The number of hydrogen-bond donors (Lipinski definition) is 3. The van der Waals surface area contributed by atoms with Crippen LogP contribution in [0.3, 0.4) is 0 Å². The van der Waals surface area contributed by atoms with E-state index in [9.17, 15) is 27.3 Å². The molecule has 176 valence electrons. The van der Waals surface area contributed by atoms with E-state index in [1.165, 1.54) is 24.3 Å². The highest BCUT2D eigenvalue weighted by Gasteiger charge is 2.23. The average molecular weight is 504 g/mol. The number of amides is 2. The number of nitrogens with one attached hydrogen (secondary N) is 3. The second-order valence-electron chi connectivity index (χ2n) is 7.18. The minimum atomic E-state index is -4.00. The Morgan fingerprint density at radius 1 is 1.15 bits per heavy atom. The quantitative estimate of drug-likeness (QED) is 0.432. The van der Waals surface area contributed by atoms with Crippen LogP contribution in [-0.4, -0.2) is 31.8 Å². The first-order valence-electron chi connectivity index (χ1n) is 9.90. The lowest BCUT2D eigenvalue weighted by Crippen LogP contribution is -2.34. The molecule has 2 aromatic carbocycles. The van der Waals surface area contributed by atoms with Gasteiger partial charge >= 0.3 is 6.03 Å². The number of thioether (sulfide) groups is 1. The van der Waals surface area contributed by atoms with Crippen LogP contribution in [0.5, 0.6) is 0 Å². The summed E-state index contributed by atoms with van der Waals surface area (Å²) < 4.78 is 42.1. The third-order valence-electron chi connectivity index (χ3n) is 5.01. The number of halogens is 1. The Labute approximate surface area is 197 Å². The molecule has 10 nitrogen and oxygen atoms in total. The van der Waals surface area contributed by atoms with Crippen molar-refractivity contribution in [1.29, 1.82) is 0 Å². The summed E-state index contributed by atoms with van der Waals surface area (Å²) in [6.07, 6.45) is 3.23. The third kappa shape index (κ3) is 4.52. The van der Waals surface area contributed by atoms with E-state index in [0.29, 0.717) is 23.2 Å². The highest BCUT2D eigenvalue weighted by Crippen LogP contribution is 2.29. The molecule has 1 aliphatic rings. The Morgan fingerprint density at radius 2 is 1.91 bits per heavy atom. The minimum Gasteiger partial charge on any atom is -0.388 e. The average Bonchev–Trinajstić information content (AvgIpc) is 3.35. The van der Waals surface area contributed by atoms with Gasteiger partial charge in [0.1, 0.15) is 15.7 Å². The molecule has 4 rings (SSSR count). The van der Waals surface area contributed by atoms with Gasteiger partial charge in [-0.3, -0.25) is 9.36 Å². The van der Waals surface area contributed by atoms with Crippen molar-refractivity contribution < 1.29 is 17.6 Å². The van der Waals surface area contributed by atoms with Gasteiger partial charge < -0.3 is 10.6 Å². The first kappa shape index (κ1) is 23.4. The van der Waals surface area contributed by atoms with Crippen LogP contribution in [0.2, 0.25) is 0 Å². The monoisotopic (exact) mass is 503 g/mol. The van der Waals surface area contributed by atoms with E-state index in [-0.39, 0.29) is 26.7 Å². The Kier molecular flexibility index (Phi) is 6.39. The molecule has 0 unspecified atom stereocenters. The topological polar surface area (TPSA) is 139 Å². The first-order valence-corrected chi connectivity index (χ1v) is 12.4. The summed E-state index contributed by atoms with van der Waals surface area (Å²) in [5.74, 6) is -0.281. The van der Waals surface area contributed by atoms with Crippen molar-refractivity contribution in [2.75, 3.05) is 23.4 Å². The van der Waals surface area contributed by atoms with Crippen LogP contribution in [0.1, 0.15) is 6.42 Å². The number of pyridine rings is 1. The second kappa shape index (κ2) is 9.27. The maximum atomic E-state index is 14.9. The lowest BCUT2D eigenvalue weighted by Gasteiger charge is -2.13. The summed E-state index contributed by atoms with van der Waals surface area (Å²) >= 11 is 1.11. The van der Waals surface area contributed by atoms with E-state index in [1.807, 2.05) is 4.72 Å². The van der Waals surface area contributed by atoms with Crippen LogP contribution in [0.25, 0.3) is 16.5 Å². The fourth-order valence-electron chi connectivity index (χ4n) is 3.42. The molecular formula is C21H18FN5O5S2. The number of urea groups is 1. The van der Waals surface area contributed by atoms with E-state index in [4.69, 9.17) is 0 Å². The SMILES string of the molecule is CNc1ccc2c(=O)n(-c3ccc(NC(=O)NS(=O)(=O)C4=CCCS4)cc3F)cc(N=O)c2c1. The number of fused-ring (bicyclic) bond motifs is 1. The number of hydrogen-bond acceptors (Lipinski definition) is 8. The van der Waals surface area contributed by atoms with E-state index in [0.717, 1.165) is 28.6 Å². The maximum Gasteiger partial charge on any atom is 0.333 e. The molecule has 1 aromatic heterocycles. The standard InChI is InChI=1S/C21H18FN5O5S2/c1-23-12-4-6-14-15(9-12)17(25-30)11-27(20(14)28)18-7-5-13(10-16(18)22)24-21(29)26-34(31,32)19-3-2-8-33-19/h3-7,9-11,23H,2,8H2,1H3,(H2,24,26,29). The molecule has 0 radical (unpaired) electrons. The molecule has 34 heavy (non-hydrogen) atoms. The van der Waals surface area contributed by atoms with Crippen molar-refractivity contribution in [2.45, 2.75) is 6.42 Å². The number of carbonyl (C=O) groups excluding carboxylic acids is 1. The van der Waals surface area contributed by atoms with Crippen LogP contribution in [0.15, 0.2) is 62.9 Å². The minimum absolute atomic E-state index is 0.0387. The summed E-state index contributed by atoms with van der Waals surface area (Å²) in [7, 11) is -2.32. The number of nitroso groups, excluding NO2 is 1. The highest BCUT2D eigenvalue weighted by atomic mass is 32.3. The number of anilines is 2. The second-order valence-corrected chi connectivity index (χ2v) is 10.2. The van der Waals surface area contributed by atoms with Crippen molar-refractivity contribution in [1.82, 2.24) is 9.29 Å². The zero-order valence-corrected chi connectivity index (χ0v) is 19.3. The molecule has 3 aromatic rings. The van der Waals surface area contributed by atoms with Gasteiger partial charge in [0.15, 0.2) is 0 Å². The Balaban J connectivity index is 1.63. The van der Waals surface area contributed by atoms with E-state index in [2.05, 4.69) is 15.8 Å². The number of sulfonamides is 1. The Hall–Kier alpha value is -3.71. The number of allylic oxidation sites excluding steroid dienone is 1. The van der Waals surface area contributed by atoms with Crippen LogP contribution in [0, 0.1) is 10.7 Å². The van der Waals surface area contributed by atoms with Gasteiger partial charge in [-0.2, -0.15) is 0 Å². The maximum absolute atomic E-state index is 14.9. The van der Waals surface area contributed by atoms with Gasteiger partial charge in [0.25, 0.3) is 15.6 Å². The fourth-order valence-corrected chi connectivity index (χ4v) is 5.82. The van der Waals surface area contributed by atoms with Gasteiger partial charge in [-0.1, -0.05) is 6.08 Å². The van der Waals surface area contributed by atoms with Gasteiger partial charge in [0, 0.05) is 41.1 Å². The predicted molar refractivity (Wildman–Crippen MR) is 131 cm³/mol. The van der Waals surface area contributed by atoms with E-state index in [1.54, 1.807) is 19.2 Å². The number of carbonyl (C=O) groups is 1. The van der Waals surface area contributed by atoms with Crippen molar-refractivity contribution in [3.05, 3.63) is 74.0 Å². The summed E-state index contributed by atoms with van der Waals surface area (Å²) in [5, 5.41) is 8.60. The molecule has 0 aliphatic carbocycles. The van der Waals surface area contributed by atoms with Gasteiger partial charge in [-0.05, 0) is 48.0 Å². The van der Waals surface area contributed by atoms with Gasteiger partial charge in [-0.25, -0.2) is 22.3 Å². The zero-order valence-electron chi connectivity index (χ0n) is 17.7. The van der Waals surface area contributed by atoms with E-state index < -0.39 is 27.4 Å². The van der Waals surface area contributed by atoms with Crippen molar-refractivity contribution in [3.63, 3.8) is 0 Å². The molecule has 1 aliphatic heterocycles. The number of rotatable bonds is 6. The molecular weight excluding hydrogens is 485 g/mol. The fraction of sp³-hybridized carbons (Fsp3) is 0.143. The molecule has 0 atom stereocenters. The summed E-state index contributed by atoms with van der Waals surface area (Å²) in [6, 6.07) is 7.12. The lowest BCUT2D eigenvalue weighted by molar-refractivity contribution is 0.256. The molecule has 13 heteroatoms. The molecule has 2 amide bonds. The van der Waals surface area contributed by atoms with Crippen LogP contribution in [-0.2, 0) is 10.0 Å². The number of benzene rings is 2. The third-order valence-corrected chi connectivity index (χ3v) is 8.07. The van der Waals surface area contributed by atoms with Gasteiger partial charge in [-0.15, -0.1) is 16.7 Å². The predicted octanol–water partition coefficient (Wildman–Crippen LogP) is 4.00. The normalized spacial score (nSPS) is 13.4. The summed E-state index contributed by atoms with van der Waals surface area (Å²) in [4.78, 5) is 36.5. The van der Waals surface area contributed by atoms with Crippen LogP contribution >= 0.6 is 11.8 Å². The molecule has 0 saturated heterocycles. The molecule has 0 fully saturated rings. The zero-order chi connectivity index (χ0) is 24.5. The summed E-state index contributed by atoms with van der Waals surface area (Å²) in [5.41, 5.74) is -0.184. The van der Waals surface area contributed by atoms with Crippen LogP contribution < -0.4 is 20.9 Å². The van der Waals surface area contributed by atoms with Crippen molar-refractivity contribution in [3.8, 4) is 5.69 Å². The van der Waals surface area contributed by atoms with Crippen LogP contribution in [0.4, 0.5) is 26.2 Å². The smallest absolute Gasteiger partial charge is 0.333 e. The van der Waals surface area contributed by atoms with Crippen molar-refractivity contribution >= 4 is 55.7 Å². The Bertz CT molecular complexity index is 1520. The lowest BCUT2D eigenvalue weighted by atomic mass is 10.1. The molecule has 0 bridgehead atoms. The van der Waals surface area contributed by atoms with Gasteiger partial charge in [0.2, 0.25) is 0 Å². The highest BCUT2D eigenvalue weighted by molar-refractivity contribution is 8.18. The van der Waals surface area contributed by atoms with Crippen molar-refractivity contribution in [2.24, 2.45) is 5.18 Å². The largest absolute Gasteiger partial charge is 0.388 e. The number of aromatic nitrogens is 1. The van der Waals surface area contributed by atoms with Gasteiger partial charge in [0.05, 0.1) is 5.69 Å². The number of nitrogens with zero attached hydrogens (tertiary/aromatic N) is 2. The molecule has 3 N–H and O–H groups in total. The molecule has 0 spiro atoms. The van der Waals surface area contributed by atoms with E-state index >= 15 is 0 Å². The Morgan fingerprint density at radius 3 is 2.56 bits per heavy atom. The summed E-state index contributed by atoms with van der Waals surface area (Å²) in [6.45, 7) is 0. The molecule has 2 heterocycles.